The van der Waals surface area contributed by atoms with E-state index in [4.69, 9.17) is 18.5 Å². The van der Waals surface area contributed by atoms with Crippen LogP contribution >= 0.6 is 7.82 Å². The summed E-state index contributed by atoms with van der Waals surface area (Å²) in [6.07, 6.45) is 37.4. The van der Waals surface area contributed by atoms with E-state index in [9.17, 15) is 29.3 Å². The molecule has 12 heteroatoms. The summed E-state index contributed by atoms with van der Waals surface area (Å²) >= 11 is 0. The Balaban J connectivity index is 4.62. The zero-order valence-corrected chi connectivity index (χ0v) is 36.9. The number of carbonyl (C=O) groups excluding carboxylic acids is 2. The summed E-state index contributed by atoms with van der Waals surface area (Å²) in [5.41, 5.74) is 0. The molecule has 11 nitrogen and oxygen atoms in total. The number of esters is 2. The van der Waals surface area contributed by atoms with Gasteiger partial charge in [-0.1, -0.05) is 157 Å². The van der Waals surface area contributed by atoms with Crippen LogP contribution in [-0.4, -0.2) is 97.3 Å². The second kappa shape index (κ2) is 36.4. The van der Waals surface area contributed by atoms with E-state index >= 15 is 0 Å². The van der Waals surface area contributed by atoms with Crippen LogP contribution in [0.4, 0.5) is 0 Å². The van der Waals surface area contributed by atoms with Gasteiger partial charge in [-0.2, -0.15) is 0 Å². The van der Waals surface area contributed by atoms with E-state index in [-0.39, 0.29) is 26.1 Å². The van der Waals surface area contributed by atoms with Gasteiger partial charge in [0.15, 0.2) is 6.10 Å². The topological polar surface area (TPSA) is 149 Å². The van der Waals surface area contributed by atoms with Crippen molar-refractivity contribution in [2.45, 2.75) is 154 Å². The molecule has 0 spiro atoms. The minimum Gasteiger partial charge on any atom is -0.462 e. The number of rotatable bonds is 37. The van der Waals surface area contributed by atoms with Gasteiger partial charge in [0.25, 0.3) is 0 Å². The number of hydrogen-bond acceptors (Lipinski definition) is 9. The average molecular weight is 825 g/mol. The molecule has 0 rings (SSSR count). The molecule has 328 valence electrons. The Hall–Kier alpha value is -2.63. The molecule has 0 aromatic carbocycles. The van der Waals surface area contributed by atoms with E-state index in [2.05, 4.69) is 13.8 Å². The molecule has 0 aliphatic carbocycles. The SMILES string of the molecule is CC/C=C\C[C@@H](O)/C=C/C=C\C/C=C\C=C\[C@@H](O)/C=C\CCCC(=O)OC[C@H](COP(=O)(O)OCC[N+](C)(C)C)OC(=O)CCCCCCCCCCCCCC. The summed E-state index contributed by atoms with van der Waals surface area (Å²) in [6, 6.07) is 0. The Morgan fingerprint density at radius 2 is 1.26 bits per heavy atom. The second-order valence-corrected chi connectivity index (χ2v) is 16.9. The van der Waals surface area contributed by atoms with Gasteiger partial charge in [-0.05, 0) is 38.5 Å². The molecule has 0 aromatic rings. The summed E-state index contributed by atoms with van der Waals surface area (Å²) in [4.78, 5) is 35.3. The highest BCUT2D eigenvalue weighted by Gasteiger charge is 2.27. The Morgan fingerprint density at radius 3 is 1.88 bits per heavy atom. The molecule has 57 heavy (non-hydrogen) atoms. The number of phosphoric ester groups is 1. The van der Waals surface area contributed by atoms with Crippen LogP contribution in [0, 0.1) is 0 Å². The van der Waals surface area contributed by atoms with E-state index in [1.165, 1.54) is 51.4 Å². The van der Waals surface area contributed by atoms with Crippen molar-refractivity contribution in [2.24, 2.45) is 0 Å². The van der Waals surface area contributed by atoms with Gasteiger partial charge in [-0.3, -0.25) is 18.6 Å². The normalized spacial score (nSPS) is 15.4. The molecule has 1 unspecified atom stereocenters. The fourth-order valence-corrected chi connectivity index (χ4v) is 6.02. The van der Waals surface area contributed by atoms with Gasteiger partial charge in [0.05, 0.1) is 40.0 Å². The summed E-state index contributed by atoms with van der Waals surface area (Å²) in [5, 5.41) is 20.0. The van der Waals surface area contributed by atoms with Crippen molar-refractivity contribution in [1.82, 2.24) is 0 Å². The first kappa shape index (κ1) is 54.4. The number of carbonyl (C=O) groups is 2. The monoisotopic (exact) mass is 825 g/mol. The van der Waals surface area contributed by atoms with Crippen LogP contribution in [0.1, 0.15) is 136 Å². The Morgan fingerprint density at radius 1 is 0.667 bits per heavy atom. The first-order chi connectivity index (χ1) is 27.3. The van der Waals surface area contributed by atoms with Crippen molar-refractivity contribution < 1.29 is 52.3 Å². The molecule has 0 aliphatic rings. The second-order valence-electron chi connectivity index (χ2n) is 15.4. The molecular weight excluding hydrogens is 745 g/mol. The maximum Gasteiger partial charge on any atom is 0.472 e. The minimum atomic E-state index is -4.42. The molecule has 3 N–H and O–H groups in total. The third-order valence-electron chi connectivity index (χ3n) is 8.68. The maximum absolute atomic E-state index is 12.7. The van der Waals surface area contributed by atoms with Crippen LogP contribution in [0.15, 0.2) is 72.9 Å². The maximum atomic E-state index is 12.7. The van der Waals surface area contributed by atoms with Gasteiger partial charge in [-0.25, -0.2) is 4.57 Å². The van der Waals surface area contributed by atoms with Crippen molar-refractivity contribution >= 4 is 19.8 Å². The van der Waals surface area contributed by atoms with E-state index in [0.717, 1.165) is 25.7 Å². The molecule has 4 atom stereocenters. The molecule has 0 aromatic heterocycles. The number of aliphatic hydroxyl groups excluding tert-OH is 2. The number of hydrogen-bond donors (Lipinski definition) is 3. The standard InChI is InChI=1S/C45H78NO10P/c1-6-8-10-11-12-13-14-15-16-20-23-29-36-45(50)56-43(40-55-57(51,52)54-38-37-46(3,4)5)39-53-44(49)35-30-24-28-34-42(48)33-27-22-19-17-18-21-26-32-41(47)31-25-9-7-2/h9,18-19,21-22,25-28,32-34,41-43,47-48H,6-8,10-17,20,23-24,29-31,35-40H2,1-5H3/p+1/b21-18-,22-19-,25-9-,32-26+,33-27+,34-28-/t41-,42-,43-/m1/s1. The number of ether oxygens (including phenoxy) is 2. The quantitative estimate of drug-likeness (QED) is 0.0138. The number of phosphoric acid groups is 1. The predicted octanol–water partition coefficient (Wildman–Crippen LogP) is 9.79. The molecular formula is C45H79NO10P+. The van der Waals surface area contributed by atoms with Gasteiger partial charge in [0.1, 0.15) is 19.8 Å². The molecule has 0 fully saturated rings. The zero-order chi connectivity index (χ0) is 42.5. The van der Waals surface area contributed by atoms with E-state index < -0.39 is 44.7 Å². The molecule has 0 saturated heterocycles. The van der Waals surface area contributed by atoms with Crippen molar-refractivity contribution in [3.8, 4) is 0 Å². The number of nitrogens with zero attached hydrogens (tertiary/aromatic N) is 1. The van der Waals surface area contributed by atoms with Gasteiger partial charge in [0.2, 0.25) is 0 Å². The Kier molecular flexibility index (Phi) is 34.8. The predicted molar refractivity (Wildman–Crippen MR) is 231 cm³/mol. The van der Waals surface area contributed by atoms with Crippen LogP contribution in [0.25, 0.3) is 0 Å². The summed E-state index contributed by atoms with van der Waals surface area (Å²) in [5.74, 6) is -0.987. The Labute approximate surface area is 345 Å². The molecule has 0 saturated carbocycles. The minimum absolute atomic E-state index is 0.00383. The number of quaternary nitrogens is 1. The van der Waals surface area contributed by atoms with Gasteiger partial charge in [0, 0.05) is 12.8 Å². The fraction of sp³-hybridized carbons (Fsp3) is 0.689. The lowest BCUT2D eigenvalue weighted by atomic mass is 10.0. The summed E-state index contributed by atoms with van der Waals surface area (Å²) in [6.45, 7) is 3.98. The van der Waals surface area contributed by atoms with Crippen molar-refractivity contribution in [3.05, 3.63) is 72.9 Å². The van der Waals surface area contributed by atoms with Crippen LogP contribution in [0.2, 0.25) is 0 Å². The van der Waals surface area contributed by atoms with Crippen LogP contribution in [0.3, 0.4) is 0 Å². The third-order valence-corrected chi connectivity index (χ3v) is 9.66. The molecule has 0 amide bonds. The lowest BCUT2D eigenvalue weighted by molar-refractivity contribution is -0.870. The lowest BCUT2D eigenvalue weighted by Crippen LogP contribution is -2.37. The van der Waals surface area contributed by atoms with Crippen molar-refractivity contribution in [1.29, 1.82) is 0 Å². The number of allylic oxidation sites excluding steroid dienone is 8. The van der Waals surface area contributed by atoms with Crippen LogP contribution < -0.4 is 0 Å². The number of aliphatic hydroxyl groups is 2. The van der Waals surface area contributed by atoms with Crippen LogP contribution in [-0.2, 0) is 32.7 Å². The first-order valence-corrected chi connectivity index (χ1v) is 22.9. The Bertz CT molecular complexity index is 1240. The highest BCUT2D eigenvalue weighted by atomic mass is 31.2. The van der Waals surface area contributed by atoms with E-state index in [1.807, 2.05) is 63.7 Å². The van der Waals surface area contributed by atoms with E-state index in [1.54, 1.807) is 30.4 Å². The molecule has 0 heterocycles. The lowest BCUT2D eigenvalue weighted by Gasteiger charge is -2.24. The average Bonchev–Trinajstić information content (AvgIpc) is 3.15. The summed E-state index contributed by atoms with van der Waals surface area (Å²) in [7, 11) is 1.35. The van der Waals surface area contributed by atoms with Crippen molar-refractivity contribution in [3.63, 3.8) is 0 Å². The first-order valence-electron chi connectivity index (χ1n) is 21.4. The van der Waals surface area contributed by atoms with Gasteiger partial charge >= 0.3 is 19.8 Å². The molecule has 0 bridgehead atoms. The smallest absolute Gasteiger partial charge is 0.462 e. The zero-order valence-electron chi connectivity index (χ0n) is 36.0. The molecule has 0 aliphatic heterocycles. The van der Waals surface area contributed by atoms with Crippen LogP contribution in [0.5, 0.6) is 0 Å². The van der Waals surface area contributed by atoms with E-state index in [0.29, 0.717) is 43.1 Å². The number of unbranched alkanes of at least 4 members (excludes halogenated alkanes) is 12. The summed E-state index contributed by atoms with van der Waals surface area (Å²) < 4.78 is 34.1. The largest absolute Gasteiger partial charge is 0.472 e. The van der Waals surface area contributed by atoms with Crippen molar-refractivity contribution in [2.75, 3.05) is 47.5 Å². The third kappa shape index (κ3) is 40.0. The van der Waals surface area contributed by atoms with Gasteiger partial charge in [-0.15, -0.1) is 0 Å². The highest BCUT2D eigenvalue weighted by molar-refractivity contribution is 7.47. The van der Waals surface area contributed by atoms with Gasteiger partial charge < -0.3 is 29.1 Å². The fourth-order valence-electron chi connectivity index (χ4n) is 5.28. The molecule has 0 radical (unpaired) electrons. The highest BCUT2D eigenvalue weighted by Crippen LogP contribution is 2.43. The number of likely N-dealkylation sites (N-methyl/N-ethyl adjacent to an activating group) is 1.